The summed E-state index contributed by atoms with van der Waals surface area (Å²) in [5.41, 5.74) is 7.58. The molecule has 7 nitrogen and oxygen atoms in total. The maximum Gasteiger partial charge on any atom is 0.137 e. The third-order valence-electron chi connectivity index (χ3n) is 8.37. The molecular weight excluding hydrogens is 470 g/mol. The molecule has 0 radical (unpaired) electrons. The second-order valence-corrected chi connectivity index (χ2v) is 11.0. The number of nitrogens with one attached hydrogen (secondary N) is 3. The predicted molar refractivity (Wildman–Crippen MR) is 154 cm³/mol. The fourth-order valence-corrected chi connectivity index (χ4v) is 6.30. The highest BCUT2D eigenvalue weighted by Gasteiger charge is 2.19. The standard InChI is InChI=1S/C31H35N7/c1-4-12-38(13-5-1)31-26-16-29(35-27(26)10-11-34-31)30-25-15-23(8-9-28(25)36-37-30)24-14-22(19-33-20-24)18-32-17-21-6-2-3-7-21/h8-11,14-16,19-21,32,35H,1-7,12-13,17-18H2,(H,36,37). The zero-order chi connectivity index (χ0) is 25.3. The molecule has 2 fully saturated rings. The topological polar surface area (TPSA) is 85.5 Å². The van der Waals surface area contributed by atoms with E-state index in [1.165, 1.54) is 55.9 Å². The first-order valence-electron chi connectivity index (χ1n) is 14.2. The maximum absolute atomic E-state index is 4.76. The van der Waals surface area contributed by atoms with Crippen LogP contribution in [-0.2, 0) is 6.54 Å². The Labute approximate surface area is 223 Å². The van der Waals surface area contributed by atoms with Crippen LogP contribution >= 0.6 is 0 Å². The Morgan fingerprint density at radius 2 is 1.76 bits per heavy atom. The van der Waals surface area contributed by atoms with Crippen molar-refractivity contribution in [1.82, 2.24) is 30.5 Å². The summed E-state index contributed by atoms with van der Waals surface area (Å²) in [6.07, 6.45) is 15.1. The van der Waals surface area contributed by atoms with Crippen molar-refractivity contribution in [2.75, 3.05) is 24.5 Å². The van der Waals surface area contributed by atoms with Crippen molar-refractivity contribution in [2.24, 2.45) is 5.92 Å². The van der Waals surface area contributed by atoms with Crippen molar-refractivity contribution < 1.29 is 0 Å². The number of piperidine rings is 1. The zero-order valence-corrected chi connectivity index (χ0v) is 21.8. The van der Waals surface area contributed by atoms with E-state index in [4.69, 9.17) is 10.1 Å². The Bertz CT molecular complexity index is 1550. The summed E-state index contributed by atoms with van der Waals surface area (Å²) in [5, 5.41) is 13.9. The van der Waals surface area contributed by atoms with Crippen molar-refractivity contribution in [1.29, 1.82) is 0 Å². The minimum absolute atomic E-state index is 0.837. The van der Waals surface area contributed by atoms with Gasteiger partial charge < -0.3 is 15.2 Å². The first-order chi connectivity index (χ1) is 18.8. The summed E-state index contributed by atoms with van der Waals surface area (Å²) in [4.78, 5) is 15.4. The van der Waals surface area contributed by atoms with E-state index >= 15 is 0 Å². The average molecular weight is 506 g/mol. The molecule has 1 saturated heterocycles. The zero-order valence-electron chi connectivity index (χ0n) is 21.8. The van der Waals surface area contributed by atoms with Gasteiger partial charge in [-0.1, -0.05) is 18.9 Å². The number of fused-ring (bicyclic) bond motifs is 2. The van der Waals surface area contributed by atoms with Crippen LogP contribution in [-0.4, -0.2) is 44.8 Å². The lowest BCUT2D eigenvalue weighted by atomic mass is 10.0. The molecule has 0 amide bonds. The molecule has 0 bridgehead atoms. The van der Waals surface area contributed by atoms with Gasteiger partial charge >= 0.3 is 0 Å². The van der Waals surface area contributed by atoms with Crippen molar-refractivity contribution >= 4 is 27.6 Å². The van der Waals surface area contributed by atoms with Gasteiger partial charge in [0.25, 0.3) is 0 Å². The van der Waals surface area contributed by atoms with E-state index in [1.807, 2.05) is 18.6 Å². The molecule has 0 unspecified atom stereocenters. The van der Waals surface area contributed by atoms with E-state index in [2.05, 4.69) is 61.7 Å². The van der Waals surface area contributed by atoms with Gasteiger partial charge in [-0.2, -0.15) is 5.10 Å². The molecule has 7 heteroatoms. The Hall–Kier alpha value is -3.71. The number of rotatable bonds is 7. The van der Waals surface area contributed by atoms with Crippen LogP contribution in [0.15, 0.2) is 55.0 Å². The molecule has 0 spiro atoms. The van der Waals surface area contributed by atoms with Crippen LogP contribution in [0.2, 0.25) is 0 Å². The fraction of sp³-hybridized carbons (Fsp3) is 0.387. The summed E-state index contributed by atoms with van der Waals surface area (Å²) in [6.45, 7) is 4.11. The maximum atomic E-state index is 4.76. The van der Waals surface area contributed by atoms with E-state index in [0.29, 0.717) is 0 Å². The number of hydrogen-bond acceptors (Lipinski definition) is 5. The van der Waals surface area contributed by atoms with Gasteiger partial charge in [0.1, 0.15) is 11.5 Å². The number of aromatic amines is 2. The minimum Gasteiger partial charge on any atom is -0.356 e. The summed E-state index contributed by atoms with van der Waals surface area (Å²) in [5.74, 6) is 1.92. The van der Waals surface area contributed by atoms with Crippen molar-refractivity contribution in [3.05, 3.63) is 60.6 Å². The molecule has 1 aromatic carbocycles. The molecule has 1 saturated carbocycles. The average Bonchev–Trinajstić information content (AvgIpc) is 3.73. The highest BCUT2D eigenvalue weighted by atomic mass is 15.2. The number of aromatic nitrogens is 5. The number of anilines is 1. The molecule has 5 aromatic rings. The molecule has 4 aromatic heterocycles. The van der Waals surface area contributed by atoms with E-state index < -0.39 is 0 Å². The van der Waals surface area contributed by atoms with E-state index in [1.54, 1.807) is 0 Å². The van der Waals surface area contributed by atoms with Gasteiger partial charge in [-0.25, -0.2) is 4.98 Å². The lowest BCUT2D eigenvalue weighted by molar-refractivity contribution is 0.489. The SMILES string of the molecule is c1cc2[nH]c(-c3n[nH]c4ccc(-c5cncc(CNCC6CCCC6)c5)cc34)cc2c(N2CCCCC2)n1. The molecular formula is C31H35N7. The molecule has 1 aliphatic heterocycles. The Kier molecular flexibility index (Phi) is 6.29. The van der Waals surface area contributed by atoms with Crippen LogP contribution < -0.4 is 10.2 Å². The highest BCUT2D eigenvalue weighted by Crippen LogP contribution is 2.34. The Morgan fingerprint density at radius 3 is 2.66 bits per heavy atom. The third-order valence-corrected chi connectivity index (χ3v) is 8.37. The normalized spacial score (nSPS) is 16.7. The summed E-state index contributed by atoms with van der Waals surface area (Å²) in [7, 11) is 0. The van der Waals surface area contributed by atoms with Gasteiger partial charge in [0, 0.05) is 54.6 Å². The second-order valence-electron chi connectivity index (χ2n) is 11.0. The number of nitrogens with zero attached hydrogens (tertiary/aromatic N) is 4. The summed E-state index contributed by atoms with van der Waals surface area (Å²) >= 11 is 0. The van der Waals surface area contributed by atoms with Crippen LogP contribution in [0.3, 0.4) is 0 Å². The van der Waals surface area contributed by atoms with Crippen LogP contribution in [0.5, 0.6) is 0 Å². The molecule has 2 aliphatic rings. The Balaban J connectivity index is 1.18. The molecule has 7 rings (SSSR count). The number of benzene rings is 1. The number of pyridine rings is 2. The lowest BCUT2D eigenvalue weighted by Crippen LogP contribution is -2.30. The van der Waals surface area contributed by atoms with Crippen LogP contribution in [0, 0.1) is 5.92 Å². The molecule has 194 valence electrons. The minimum atomic E-state index is 0.837. The number of hydrogen-bond donors (Lipinski definition) is 3. The Morgan fingerprint density at radius 1 is 0.868 bits per heavy atom. The van der Waals surface area contributed by atoms with Gasteiger partial charge in [0.05, 0.1) is 16.7 Å². The monoisotopic (exact) mass is 505 g/mol. The van der Waals surface area contributed by atoms with E-state index in [9.17, 15) is 0 Å². The number of H-pyrrole nitrogens is 2. The highest BCUT2D eigenvalue weighted by molar-refractivity contribution is 6.00. The van der Waals surface area contributed by atoms with Crippen molar-refractivity contribution in [2.45, 2.75) is 51.5 Å². The molecule has 0 atom stereocenters. The fourth-order valence-electron chi connectivity index (χ4n) is 6.30. The van der Waals surface area contributed by atoms with Crippen LogP contribution in [0.4, 0.5) is 5.82 Å². The molecule has 5 heterocycles. The quantitative estimate of drug-likeness (QED) is 0.237. The second kappa shape index (κ2) is 10.2. The molecule has 3 N–H and O–H groups in total. The first kappa shape index (κ1) is 23.4. The van der Waals surface area contributed by atoms with E-state index in [0.717, 1.165) is 76.8 Å². The smallest absolute Gasteiger partial charge is 0.137 e. The lowest BCUT2D eigenvalue weighted by Gasteiger charge is -2.28. The van der Waals surface area contributed by atoms with Crippen LogP contribution in [0.25, 0.3) is 44.3 Å². The van der Waals surface area contributed by atoms with Gasteiger partial charge in [-0.05, 0) is 86.0 Å². The van der Waals surface area contributed by atoms with Gasteiger partial charge in [-0.15, -0.1) is 0 Å². The summed E-state index contributed by atoms with van der Waals surface area (Å²) < 4.78 is 0. The third kappa shape index (κ3) is 4.56. The largest absolute Gasteiger partial charge is 0.356 e. The first-order valence-corrected chi connectivity index (χ1v) is 14.2. The van der Waals surface area contributed by atoms with Gasteiger partial charge in [0.2, 0.25) is 0 Å². The van der Waals surface area contributed by atoms with Crippen molar-refractivity contribution in [3.8, 4) is 22.5 Å². The van der Waals surface area contributed by atoms with Gasteiger partial charge in [-0.3, -0.25) is 10.1 Å². The van der Waals surface area contributed by atoms with Crippen molar-refractivity contribution in [3.63, 3.8) is 0 Å². The predicted octanol–water partition coefficient (Wildman–Crippen LogP) is 6.44. The van der Waals surface area contributed by atoms with E-state index in [-0.39, 0.29) is 0 Å². The molecule has 38 heavy (non-hydrogen) atoms. The molecule has 1 aliphatic carbocycles. The summed E-state index contributed by atoms with van der Waals surface area (Å²) in [6, 6.07) is 13.0. The van der Waals surface area contributed by atoms with Crippen LogP contribution in [0.1, 0.15) is 50.5 Å². The van der Waals surface area contributed by atoms with Gasteiger partial charge in [0.15, 0.2) is 0 Å².